The molecule has 0 saturated heterocycles. The van der Waals surface area contributed by atoms with Crippen LogP contribution in [0.25, 0.3) is 0 Å². The van der Waals surface area contributed by atoms with E-state index in [-0.39, 0.29) is 5.96 Å². The monoisotopic (exact) mass is 269 g/mol. The van der Waals surface area contributed by atoms with Crippen molar-refractivity contribution >= 4 is 34.0 Å². The van der Waals surface area contributed by atoms with E-state index < -0.39 is 0 Å². The minimum atomic E-state index is 0.0463. The number of thiazole rings is 1. The summed E-state index contributed by atoms with van der Waals surface area (Å²) in [6, 6.07) is 5.69. The molecule has 0 atom stereocenters. The van der Waals surface area contributed by atoms with Crippen molar-refractivity contribution in [2.75, 3.05) is 0 Å². The molecule has 5 nitrogen and oxygen atoms in total. The Morgan fingerprint density at radius 2 is 2.12 bits per heavy atom. The molecule has 2 aromatic rings. The standard InChI is InChI=1S/C6H6ClN.C4H6N4S/c7-5-6-3-1-2-4-8-6;5-3(6)8-4-7-1-2-9-4/h1-4H,5H2;1-2H,(H4,5,6,7,8). The maximum atomic E-state index is 5.46. The van der Waals surface area contributed by atoms with Crippen LogP contribution in [0.4, 0.5) is 5.13 Å². The molecule has 0 aliphatic heterocycles. The molecule has 0 aliphatic carbocycles. The van der Waals surface area contributed by atoms with Crippen molar-refractivity contribution in [1.29, 1.82) is 0 Å². The van der Waals surface area contributed by atoms with Gasteiger partial charge in [-0.1, -0.05) is 6.07 Å². The molecule has 0 amide bonds. The fourth-order valence-electron chi connectivity index (χ4n) is 0.859. The van der Waals surface area contributed by atoms with Crippen LogP contribution in [0.1, 0.15) is 5.69 Å². The third kappa shape index (κ3) is 5.84. The summed E-state index contributed by atoms with van der Waals surface area (Å²) in [6.45, 7) is 0. The number of aliphatic imine (C=N–C) groups is 1. The first kappa shape index (κ1) is 13.4. The first-order chi connectivity index (χ1) is 8.22. The predicted molar refractivity (Wildman–Crippen MR) is 71.4 cm³/mol. The van der Waals surface area contributed by atoms with Crippen molar-refractivity contribution in [1.82, 2.24) is 9.97 Å². The molecule has 0 bridgehead atoms. The van der Waals surface area contributed by atoms with Crippen LogP contribution >= 0.6 is 22.9 Å². The Bertz CT molecular complexity index is 439. The summed E-state index contributed by atoms with van der Waals surface area (Å²) in [5.74, 6) is 0.547. The predicted octanol–water partition coefficient (Wildman–Crippen LogP) is 1.87. The third-order valence-electron chi connectivity index (χ3n) is 1.51. The first-order valence-electron chi connectivity index (χ1n) is 4.67. The quantitative estimate of drug-likeness (QED) is 0.495. The van der Waals surface area contributed by atoms with E-state index in [2.05, 4.69) is 15.0 Å². The smallest absolute Gasteiger partial charge is 0.212 e. The molecule has 0 aliphatic rings. The van der Waals surface area contributed by atoms with E-state index >= 15 is 0 Å². The highest BCUT2D eigenvalue weighted by Gasteiger charge is 1.88. The van der Waals surface area contributed by atoms with Crippen molar-refractivity contribution < 1.29 is 0 Å². The number of rotatable bonds is 2. The molecule has 0 unspecified atom stereocenters. The van der Waals surface area contributed by atoms with Crippen LogP contribution in [0.15, 0.2) is 41.0 Å². The second kappa shape index (κ2) is 7.59. The number of aromatic nitrogens is 2. The average molecular weight is 270 g/mol. The number of alkyl halides is 1. The van der Waals surface area contributed by atoms with Crippen molar-refractivity contribution in [3.8, 4) is 0 Å². The molecule has 0 aromatic carbocycles. The van der Waals surface area contributed by atoms with Crippen LogP contribution < -0.4 is 11.5 Å². The summed E-state index contributed by atoms with van der Waals surface area (Å²) in [5, 5.41) is 2.40. The summed E-state index contributed by atoms with van der Waals surface area (Å²) in [4.78, 5) is 11.5. The van der Waals surface area contributed by atoms with Gasteiger partial charge < -0.3 is 11.5 Å². The third-order valence-corrected chi connectivity index (χ3v) is 2.45. The van der Waals surface area contributed by atoms with Gasteiger partial charge in [0, 0.05) is 17.8 Å². The van der Waals surface area contributed by atoms with E-state index in [0.29, 0.717) is 11.0 Å². The molecule has 2 heterocycles. The van der Waals surface area contributed by atoms with Crippen molar-refractivity contribution in [2.45, 2.75) is 5.88 Å². The SMILES string of the molecule is ClCc1ccccn1.NC(N)=Nc1nccs1. The maximum Gasteiger partial charge on any atom is 0.212 e. The minimum Gasteiger partial charge on any atom is -0.370 e. The Kier molecular flexibility index (Phi) is 5.98. The molecule has 0 fully saturated rings. The lowest BCUT2D eigenvalue weighted by Gasteiger charge is -1.87. The van der Waals surface area contributed by atoms with Gasteiger partial charge in [-0.2, -0.15) is 4.99 Å². The molecule has 4 N–H and O–H groups in total. The fourth-order valence-corrected chi connectivity index (χ4v) is 1.54. The van der Waals surface area contributed by atoms with Crippen LogP contribution in [-0.2, 0) is 5.88 Å². The topological polar surface area (TPSA) is 90.2 Å². The highest BCUT2D eigenvalue weighted by Crippen LogP contribution is 2.13. The number of nitrogens with zero attached hydrogens (tertiary/aromatic N) is 3. The fraction of sp³-hybridized carbons (Fsp3) is 0.100. The summed E-state index contributed by atoms with van der Waals surface area (Å²) < 4.78 is 0. The van der Waals surface area contributed by atoms with Gasteiger partial charge in [-0.3, -0.25) is 4.98 Å². The largest absolute Gasteiger partial charge is 0.370 e. The van der Waals surface area contributed by atoms with E-state index in [1.165, 1.54) is 11.3 Å². The summed E-state index contributed by atoms with van der Waals surface area (Å²) >= 11 is 6.86. The summed E-state index contributed by atoms with van der Waals surface area (Å²) in [5.41, 5.74) is 11.1. The first-order valence-corrected chi connectivity index (χ1v) is 6.09. The molecule has 0 radical (unpaired) electrons. The normalized spacial score (nSPS) is 9.00. The number of hydrogen-bond donors (Lipinski definition) is 2. The van der Waals surface area contributed by atoms with E-state index in [9.17, 15) is 0 Å². The van der Waals surface area contributed by atoms with E-state index in [1.54, 1.807) is 12.4 Å². The summed E-state index contributed by atoms with van der Waals surface area (Å²) in [7, 11) is 0. The van der Waals surface area contributed by atoms with Crippen molar-refractivity contribution in [3.05, 3.63) is 41.7 Å². The Morgan fingerprint density at radius 1 is 1.29 bits per heavy atom. The lowest BCUT2D eigenvalue weighted by molar-refractivity contribution is 1.17. The van der Waals surface area contributed by atoms with Crippen LogP contribution in [0.3, 0.4) is 0 Å². The van der Waals surface area contributed by atoms with E-state index in [4.69, 9.17) is 23.1 Å². The minimum absolute atomic E-state index is 0.0463. The molecule has 2 rings (SSSR count). The van der Waals surface area contributed by atoms with Gasteiger partial charge in [0.05, 0.1) is 11.6 Å². The zero-order valence-corrected chi connectivity index (χ0v) is 10.5. The Labute approximate surface area is 108 Å². The highest BCUT2D eigenvalue weighted by atomic mass is 35.5. The van der Waals surface area contributed by atoms with Gasteiger partial charge in [-0.05, 0) is 12.1 Å². The van der Waals surface area contributed by atoms with Crippen LogP contribution in [0.5, 0.6) is 0 Å². The van der Waals surface area contributed by atoms with Crippen molar-refractivity contribution in [3.63, 3.8) is 0 Å². The second-order valence-electron chi connectivity index (χ2n) is 2.81. The van der Waals surface area contributed by atoms with E-state index in [1.807, 2.05) is 23.6 Å². The zero-order valence-electron chi connectivity index (χ0n) is 8.95. The van der Waals surface area contributed by atoms with Crippen molar-refractivity contribution in [2.24, 2.45) is 16.5 Å². The average Bonchev–Trinajstić information content (AvgIpc) is 2.83. The Morgan fingerprint density at radius 3 is 2.53 bits per heavy atom. The second-order valence-corrected chi connectivity index (χ2v) is 3.95. The Hall–Kier alpha value is -1.66. The zero-order chi connectivity index (χ0) is 12.5. The van der Waals surface area contributed by atoms with Gasteiger partial charge in [0.25, 0.3) is 0 Å². The van der Waals surface area contributed by atoms with Gasteiger partial charge >= 0.3 is 0 Å². The number of halogens is 1. The molecular weight excluding hydrogens is 258 g/mol. The number of pyridine rings is 1. The molecule has 17 heavy (non-hydrogen) atoms. The van der Waals surface area contributed by atoms with Crippen LogP contribution in [0.2, 0.25) is 0 Å². The molecule has 90 valence electrons. The van der Waals surface area contributed by atoms with Crippen LogP contribution in [0, 0.1) is 0 Å². The van der Waals surface area contributed by atoms with E-state index in [0.717, 1.165) is 5.69 Å². The van der Waals surface area contributed by atoms with Gasteiger partial charge in [0.1, 0.15) is 0 Å². The lowest BCUT2D eigenvalue weighted by atomic mass is 10.4. The molecule has 2 aromatic heterocycles. The van der Waals surface area contributed by atoms with Gasteiger partial charge in [-0.15, -0.1) is 22.9 Å². The number of nitrogens with two attached hydrogens (primary N) is 2. The van der Waals surface area contributed by atoms with Crippen LogP contribution in [-0.4, -0.2) is 15.9 Å². The lowest BCUT2D eigenvalue weighted by Crippen LogP contribution is -2.21. The molecular formula is C10H12ClN5S. The summed E-state index contributed by atoms with van der Waals surface area (Å²) in [6.07, 6.45) is 3.38. The van der Waals surface area contributed by atoms with Gasteiger partial charge in [0.15, 0.2) is 5.96 Å². The number of guanidine groups is 1. The van der Waals surface area contributed by atoms with Gasteiger partial charge in [-0.25, -0.2) is 4.98 Å². The molecule has 0 saturated carbocycles. The molecule has 0 spiro atoms. The number of hydrogen-bond acceptors (Lipinski definition) is 4. The Balaban J connectivity index is 0.000000171. The highest BCUT2D eigenvalue weighted by molar-refractivity contribution is 7.13. The molecule has 7 heteroatoms. The van der Waals surface area contributed by atoms with Gasteiger partial charge in [0.2, 0.25) is 5.13 Å². The maximum absolute atomic E-state index is 5.46.